The maximum absolute atomic E-state index is 13.4. The first-order valence-corrected chi connectivity index (χ1v) is 10.5. The number of rotatable bonds is 6. The van der Waals surface area contributed by atoms with Crippen LogP contribution in [0.25, 0.3) is 11.0 Å². The summed E-state index contributed by atoms with van der Waals surface area (Å²) in [5, 5.41) is 5.94. The Kier molecular flexibility index (Phi) is 5.25. The molecule has 0 spiro atoms. The molecule has 1 fully saturated rings. The van der Waals surface area contributed by atoms with Gasteiger partial charge in [-0.25, -0.2) is 4.39 Å². The first-order chi connectivity index (χ1) is 15.1. The van der Waals surface area contributed by atoms with Gasteiger partial charge in [-0.2, -0.15) is 0 Å². The Hall–Kier alpha value is -3.10. The molecule has 3 aromatic rings. The van der Waals surface area contributed by atoms with Crippen molar-refractivity contribution in [1.29, 1.82) is 0 Å². The minimum absolute atomic E-state index is 0.289. The lowest BCUT2D eigenvalue weighted by Gasteiger charge is -2.31. The highest BCUT2D eigenvalue weighted by Gasteiger charge is 2.36. The number of nitrogens with zero attached hydrogens (tertiary/aromatic N) is 3. The van der Waals surface area contributed by atoms with Crippen LogP contribution in [-0.4, -0.2) is 53.2 Å². The van der Waals surface area contributed by atoms with Gasteiger partial charge in [0.2, 0.25) is 0 Å². The van der Waals surface area contributed by atoms with E-state index in [1.165, 1.54) is 12.1 Å². The van der Waals surface area contributed by atoms with Gasteiger partial charge >= 0.3 is 0 Å². The molecule has 0 atom stereocenters. The van der Waals surface area contributed by atoms with Crippen LogP contribution in [0, 0.1) is 5.82 Å². The zero-order valence-electron chi connectivity index (χ0n) is 16.9. The van der Waals surface area contributed by atoms with Crippen LogP contribution in [0.1, 0.15) is 51.6 Å². The third-order valence-electron chi connectivity index (χ3n) is 6.03. The lowest BCUT2D eigenvalue weighted by atomic mass is 9.91. The van der Waals surface area contributed by atoms with Crippen LogP contribution in [0.15, 0.2) is 47.0 Å². The van der Waals surface area contributed by atoms with E-state index in [0.29, 0.717) is 29.7 Å². The molecule has 3 heterocycles. The minimum atomic E-state index is -0.402. The highest BCUT2D eigenvalue weighted by molar-refractivity contribution is 6.20. The highest BCUT2D eigenvalue weighted by atomic mass is 19.1. The standard InChI is InChI=1S/C23H22FN3O4/c24-16-6-7-19-20(14-16)31-25-21(19)15-8-11-26(12-9-15)10-3-13-30-27-22(28)17-4-1-2-5-18(17)23(27)29/h1-2,4-7,14-15H,3,8-13H2. The summed E-state index contributed by atoms with van der Waals surface area (Å²) in [6.07, 6.45) is 2.60. The van der Waals surface area contributed by atoms with Gasteiger partial charge < -0.3 is 9.42 Å². The van der Waals surface area contributed by atoms with Gasteiger partial charge in [0.05, 0.1) is 23.4 Å². The molecular weight excluding hydrogens is 401 g/mol. The van der Waals surface area contributed by atoms with E-state index in [2.05, 4.69) is 10.1 Å². The van der Waals surface area contributed by atoms with Gasteiger partial charge in [-0.15, -0.1) is 5.06 Å². The van der Waals surface area contributed by atoms with Gasteiger partial charge in [0, 0.05) is 23.9 Å². The van der Waals surface area contributed by atoms with Crippen molar-refractivity contribution < 1.29 is 23.3 Å². The maximum Gasteiger partial charge on any atom is 0.285 e. The molecule has 5 rings (SSSR count). The number of imide groups is 1. The summed E-state index contributed by atoms with van der Waals surface area (Å²) >= 11 is 0. The van der Waals surface area contributed by atoms with Crippen molar-refractivity contribution in [2.75, 3.05) is 26.2 Å². The molecule has 2 aromatic carbocycles. The zero-order chi connectivity index (χ0) is 21.4. The second-order valence-electron chi connectivity index (χ2n) is 7.96. The van der Waals surface area contributed by atoms with Crippen LogP contribution in [-0.2, 0) is 4.84 Å². The van der Waals surface area contributed by atoms with E-state index in [1.54, 1.807) is 30.3 Å². The zero-order valence-corrected chi connectivity index (χ0v) is 16.9. The quantitative estimate of drug-likeness (QED) is 0.444. The molecule has 0 radical (unpaired) electrons. The molecule has 0 saturated carbocycles. The smallest absolute Gasteiger partial charge is 0.285 e. The van der Waals surface area contributed by atoms with E-state index in [0.717, 1.165) is 48.6 Å². The monoisotopic (exact) mass is 423 g/mol. The molecule has 2 amide bonds. The first-order valence-electron chi connectivity index (χ1n) is 10.5. The van der Waals surface area contributed by atoms with Crippen molar-refractivity contribution in [2.45, 2.75) is 25.2 Å². The fourth-order valence-corrected chi connectivity index (χ4v) is 4.38. The fraction of sp³-hybridized carbons (Fsp3) is 0.348. The number of aromatic nitrogens is 1. The van der Waals surface area contributed by atoms with E-state index >= 15 is 0 Å². The fourth-order valence-electron chi connectivity index (χ4n) is 4.38. The maximum atomic E-state index is 13.4. The number of hydrogen-bond donors (Lipinski definition) is 0. The van der Waals surface area contributed by atoms with Gasteiger partial charge in [0.15, 0.2) is 5.58 Å². The average Bonchev–Trinajstić information content (AvgIpc) is 3.31. The van der Waals surface area contributed by atoms with E-state index in [9.17, 15) is 14.0 Å². The third kappa shape index (κ3) is 3.73. The number of benzene rings is 2. The normalized spacial score (nSPS) is 17.6. The molecule has 2 aliphatic rings. The SMILES string of the molecule is O=C1c2ccccc2C(=O)N1OCCCN1CCC(c2noc3cc(F)ccc23)CC1. The second kappa shape index (κ2) is 8.20. The van der Waals surface area contributed by atoms with E-state index < -0.39 is 11.8 Å². The molecule has 8 heteroatoms. The van der Waals surface area contributed by atoms with E-state index in [-0.39, 0.29) is 11.7 Å². The number of carbonyl (C=O) groups is 2. The van der Waals surface area contributed by atoms with Crippen molar-refractivity contribution in [3.63, 3.8) is 0 Å². The number of carbonyl (C=O) groups excluding carboxylic acids is 2. The number of piperidine rings is 1. The highest BCUT2D eigenvalue weighted by Crippen LogP contribution is 2.32. The average molecular weight is 423 g/mol. The van der Waals surface area contributed by atoms with Crippen LogP contribution >= 0.6 is 0 Å². The summed E-state index contributed by atoms with van der Waals surface area (Å²) in [4.78, 5) is 32.4. The molecule has 0 bridgehead atoms. The summed E-state index contributed by atoms with van der Waals surface area (Å²) in [5.41, 5.74) is 2.17. The number of amides is 2. The minimum Gasteiger partial charge on any atom is -0.356 e. The van der Waals surface area contributed by atoms with Crippen molar-refractivity contribution in [2.24, 2.45) is 0 Å². The third-order valence-corrected chi connectivity index (χ3v) is 6.03. The van der Waals surface area contributed by atoms with Crippen LogP contribution in [0.4, 0.5) is 4.39 Å². The van der Waals surface area contributed by atoms with E-state index in [1.807, 2.05) is 0 Å². The summed E-state index contributed by atoms with van der Waals surface area (Å²) in [7, 11) is 0. The summed E-state index contributed by atoms with van der Waals surface area (Å²) in [5.74, 6) is -0.840. The predicted molar refractivity (Wildman–Crippen MR) is 110 cm³/mol. The lowest BCUT2D eigenvalue weighted by molar-refractivity contribution is -0.0932. The van der Waals surface area contributed by atoms with Gasteiger partial charge in [-0.1, -0.05) is 17.3 Å². The number of halogens is 1. The predicted octanol–water partition coefficient (Wildman–Crippen LogP) is 3.76. The molecule has 1 aromatic heterocycles. The Morgan fingerprint density at radius 2 is 1.77 bits per heavy atom. The molecule has 31 heavy (non-hydrogen) atoms. The van der Waals surface area contributed by atoms with E-state index in [4.69, 9.17) is 9.36 Å². The first kappa shape index (κ1) is 19.8. The Bertz CT molecular complexity index is 1100. The molecule has 1 saturated heterocycles. The number of fused-ring (bicyclic) bond motifs is 2. The van der Waals surface area contributed by atoms with Crippen molar-refractivity contribution in [1.82, 2.24) is 15.1 Å². The Morgan fingerprint density at radius 3 is 2.48 bits per heavy atom. The van der Waals surface area contributed by atoms with Crippen LogP contribution < -0.4 is 0 Å². The van der Waals surface area contributed by atoms with Crippen LogP contribution in [0.2, 0.25) is 0 Å². The molecule has 2 aliphatic heterocycles. The summed E-state index contributed by atoms with van der Waals surface area (Å²) in [6.45, 7) is 2.94. The Morgan fingerprint density at radius 1 is 1.06 bits per heavy atom. The molecule has 7 nitrogen and oxygen atoms in total. The second-order valence-corrected chi connectivity index (χ2v) is 7.96. The van der Waals surface area contributed by atoms with Crippen molar-refractivity contribution in [3.8, 4) is 0 Å². The van der Waals surface area contributed by atoms with Gasteiger partial charge in [0.1, 0.15) is 5.82 Å². The summed E-state index contributed by atoms with van der Waals surface area (Å²) in [6, 6.07) is 11.3. The van der Waals surface area contributed by atoms with Crippen molar-refractivity contribution in [3.05, 3.63) is 65.1 Å². The van der Waals surface area contributed by atoms with Crippen LogP contribution in [0.5, 0.6) is 0 Å². The molecular formula is C23H22FN3O4. The lowest BCUT2D eigenvalue weighted by Crippen LogP contribution is -2.35. The summed E-state index contributed by atoms with van der Waals surface area (Å²) < 4.78 is 18.7. The molecule has 160 valence electrons. The number of hydrogen-bond acceptors (Lipinski definition) is 6. The molecule has 0 aliphatic carbocycles. The molecule has 0 unspecified atom stereocenters. The Labute approximate surface area is 178 Å². The molecule has 0 N–H and O–H groups in total. The Balaban J connectivity index is 1.09. The topological polar surface area (TPSA) is 75.9 Å². The largest absolute Gasteiger partial charge is 0.356 e. The number of likely N-dealkylation sites (tertiary alicyclic amines) is 1. The number of hydroxylamine groups is 2. The van der Waals surface area contributed by atoms with Gasteiger partial charge in [-0.05, 0) is 56.6 Å². The van der Waals surface area contributed by atoms with Gasteiger partial charge in [-0.3, -0.25) is 14.4 Å². The van der Waals surface area contributed by atoms with Crippen molar-refractivity contribution >= 4 is 22.8 Å². The van der Waals surface area contributed by atoms with Gasteiger partial charge in [0.25, 0.3) is 11.8 Å². The van der Waals surface area contributed by atoms with Crippen LogP contribution in [0.3, 0.4) is 0 Å².